The second-order valence-corrected chi connectivity index (χ2v) is 4.78. The molecule has 0 saturated heterocycles. The zero-order valence-corrected chi connectivity index (χ0v) is 11.2. The molecule has 0 amide bonds. The van der Waals surface area contributed by atoms with Gasteiger partial charge in [0.25, 0.3) is 0 Å². The first kappa shape index (κ1) is 12.1. The molecule has 0 aliphatic heterocycles. The van der Waals surface area contributed by atoms with E-state index in [1.807, 2.05) is 36.4 Å². The fourth-order valence-corrected chi connectivity index (χ4v) is 2.38. The van der Waals surface area contributed by atoms with Crippen molar-refractivity contribution in [1.82, 2.24) is 0 Å². The molecule has 0 radical (unpaired) electrons. The molecule has 0 atom stereocenters. The third kappa shape index (κ3) is 2.64. The van der Waals surface area contributed by atoms with E-state index in [1.165, 1.54) is 16.0 Å². The molecule has 0 fully saturated rings. The number of hydrogen-bond donors (Lipinski definition) is 0. The third-order valence-electron chi connectivity index (χ3n) is 2.88. The standard InChI is InChI=1S/C15H16OS/c1-11-12(2)15(17-3)10-9-14(11)16-13-7-5-4-6-8-13/h4-10H,1-3H3. The molecule has 0 N–H and O–H groups in total. The minimum Gasteiger partial charge on any atom is -0.457 e. The van der Waals surface area contributed by atoms with Gasteiger partial charge in [0.1, 0.15) is 11.5 Å². The van der Waals surface area contributed by atoms with E-state index in [-0.39, 0.29) is 0 Å². The molecule has 0 aliphatic rings. The van der Waals surface area contributed by atoms with Crippen molar-refractivity contribution in [2.45, 2.75) is 18.7 Å². The van der Waals surface area contributed by atoms with Gasteiger partial charge in [-0.25, -0.2) is 0 Å². The van der Waals surface area contributed by atoms with Crippen LogP contribution >= 0.6 is 11.8 Å². The monoisotopic (exact) mass is 244 g/mol. The maximum atomic E-state index is 5.88. The molecule has 0 saturated carbocycles. The van der Waals surface area contributed by atoms with Gasteiger partial charge >= 0.3 is 0 Å². The average Bonchev–Trinajstić information content (AvgIpc) is 2.37. The van der Waals surface area contributed by atoms with E-state index >= 15 is 0 Å². The van der Waals surface area contributed by atoms with Crippen LogP contribution in [0.5, 0.6) is 11.5 Å². The van der Waals surface area contributed by atoms with Gasteiger partial charge in [0.2, 0.25) is 0 Å². The quantitative estimate of drug-likeness (QED) is 0.716. The van der Waals surface area contributed by atoms with Gasteiger partial charge in [0, 0.05) is 4.90 Å². The molecule has 2 aromatic rings. The van der Waals surface area contributed by atoms with Crippen molar-refractivity contribution in [2.75, 3.05) is 6.26 Å². The Morgan fingerprint density at radius 2 is 1.59 bits per heavy atom. The molecule has 2 rings (SSSR count). The fourth-order valence-electron chi connectivity index (χ4n) is 1.72. The van der Waals surface area contributed by atoms with E-state index < -0.39 is 0 Å². The average molecular weight is 244 g/mol. The van der Waals surface area contributed by atoms with E-state index in [0.29, 0.717) is 0 Å². The molecule has 0 spiro atoms. The van der Waals surface area contributed by atoms with Crippen LogP contribution in [0.4, 0.5) is 0 Å². The van der Waals surface area contributed by atoms with E-state index in [0.717, 1.165) is 11.5 Å². The summed E-state index contributed by atoms with van der Waals surface area (Å²) in [7, 11) is 0. The largest absolute Gasteiger partial charge is 0.457 e. The van der Waals surface area contributed by atoms with Gasteiger partial charge in [-0.05, 0) is 55.5 Å². The van der Waals surface area contributed by atoms with Crippen molar-refractivity contribution < 1.29 is 4.74 Å². The molecule has 88 valence electrons. The predicted molar refractivity (Wildman–Crippen MR) is 74.2 cm³/mol. The number of rotatable bonds is 3. The molecule has 0 unspecified atom stereocenters. The van der Waals surface area contributed by atoms with Gasteiger partial charge in [0.15, 0.2) is 0 Å². The second-order valence-electron chi connectivity index (χ2n) is 3.93. The van der Waals surface area contributed by atoms with Crippen LogP contribution in [-0.2, 0) is 0 Å². The molecule has 2 aromatic carbocycles. The molecule has 0 aromatic heterocycles. The van der Waals surface area contributed by atoms with Gasteiger partial charge in [0.05, 0.1) is 0 Å². The molecule has 0 bridgehead atoms. The van der Waals surface area contributed by atoms with E-state index in [4.69, 9.17) is 4.74 Å². The fraction of sp³-hybridized carbons (Fsp3) is 0.200. The number of benzene rings is 2. The Morgan fingerprint density at radius 1 is 0.882 bits per heavy atom. The normalized spacial score (nSPS) is 10.3. The van der Waals surface area contributed by atoms with Crippen LogP contribution in [0.25, 0.3) is 0 Å². The smallest absolute Gasteiger partial charge is 0.130 e. The number of para-hydroxylation sites is 1. The van der Waals surface area contributed by atoms with Crippen LogP contribution in [-0.4, -0.2) is 6.26 Å². The Morgan fingerprint density at radius 3 is 2.24 bits per heavy atom. The topological polar surface area (TPSA) is 9.23 Å². The van der Waals surface area contributed by atoms with Gasteiger partial charge in [-0.2, -0.15) is 0 Å². The number of ether oxygens (including phenoxy) is 1. The van der Waals surface area contributed by atoms with E-state index in [9.17, 15) is 0 Å². The Balaban J connectivity index is 2.32. The number of thioether (sulfide) groups is 1. The second kappa shape index (κ2) is 5.28. The van der Waals surface area contributed by atoms with Crippen molar-refractivity contribution in [3.05, 3.63) is 53.6 Å². The summed E-state index contributed by atoms with van der Waals surface area (Å²) in [5.74, 6) is 1.82. The first-order chi connectivity index (χ1) is 8.22. The molecule has 1 nitrogen and oxygen atoms in total. The summed E-state index contributed by atoms with van der Waals surface area (Å²) in [6.07, 6.45) is 2.10. The van der Waals surface area contributed by atoms with Crippen molar-refractivity contribution in [2.24, 2.45) is 0 Å². The maximum Gasteiger partial charge on any atom is 0.130 e. The van der Waals surface area contributed by atoms with Crippen LogP contribution < -0.4 is 4.74 Å². The van der Waals surface area contributed by atoms with Crippen molar-refractivity contribution >= 4 is 11.8 Å². The van der Waals surface area contributed by atoms with Gasteiger partial charge in [-0.3, -0.25) is 0 Å². The zero-order valence-electron chi connectivity index (χ0n) is 10.4. The molecule has 2 heteroatoms. The van der Waals surface area contributed by atoms with Gasteiger partial charge in [-0.15, -0.1) is 11.8 Å². The van der Waals surface area contributed by atoms with Crippen LogP contribution in [0.1, 0.15) is 11.1 Å². The Bertz CT molecular complexity index is 506. The highest BCUT2D eigenvalue weighted by molar-refractivity contribution is 7.98. The van der Waals surface area contributed by atoms with Gasteiger partial charge < -0.3 is 4.74 Å². The highest BCUT2D eigenvalue weighted by Crippen LogP contribution is 2.31. The van der Waals surface area contributed by atoms with E-state index in [2.05, 4.69) is 26.2 Å². The van der Waals surface area contributed by atoms with Crippen LogP contribution in [0.2, 0.25) is 0 Å². The minimum atomic E-state index is 0.881. The maximum absolute atomic E-state index is 5.88. The van der Waals surface area contributed by atoms with Crippen molar-refractivity contribution in [3.63, 3.8) is 0 Å². The third-order valence-corrected chi connectivity index (χ3v) is 3.76. The predicted octanol–water partition coefficient (Wildman–Crippen LogP) is 4.82. The lowest BCUT2D eigenvalue weighted by Crippen LogP contribution is -1.91. The van der Waals surface area contributed by atoms with E-state index in [1.54, 1.807) is 11.8 Å². The first-order valence-electron chi connectivity index (χ1n) is 5.59. The summed E-state index contributed by atoms with van der Waals surface area (Å²) in [6, 6.07) is 14.0. The SMILES string of the molecule is CSc1ccc(Oc2ccccc2)c(C)c1C. The lowest BCUT2D eigenvalue weighted by Gasteiger charge is -2.13. The summed E-state index contributed by atoms with van der Waals surface area (Å²) >= 11 is 1.77. The highest BCUT2D eigenvalue weighted by Gasteiger charge is 2.07. The van der Waals surface area contributed by atoms with Crippen LogP contribution in [0.3, 0.4) is 0 Å². The molecular weight excluding hydrogens is 228 g/mol. The van der Waals surface area contributed by atoms with Crippen LogP contribution in [0.15, 0.2) is 47.4 Å². The summed E-state index contributed by atoms with van der Waals surface area (Å²) in [6.45, 7) is 4.24. The summed E-state index contributed by atoms with van der Waals surface area (Å²) < 4.78 is 5.88. The number of hydrogen-bond acceptors (Lipinski definition) is 2. The van der Waals surface area contributed by atoms with Gasteiger partial charge in [-0.1, -0.05) is 18.2 Å². The summed E-state index contributed by atoms with van der Waals surface area (Å²) in [4.78, 5) is 1.31. The Labute approximate surface area is 107 Å². The highest BCUT2D eigenvalue weighted by atomic mass is 32.2. The Kier molecular flexibility index (Phi) is 3.75. The molecule has 17 heavy (non-hydrogen) atoms. The first-order valence-corrected chi connectivity index (χ1v) is 6.82. The Hall–Kier alpha value is -1.41. The van der Waals surface area contributed by atoms with Crippen molar-refractivity contribution in [1.29, 1.82) is 0 Å². The molecule has 0 heterocycles. The van der Waals surface area contributed by atoms with Crippen LogP contribution in [0, 0.1) is 13.8 Å². The molecule has 0 aliphatic carbocycles. The van der Waals surface area contributed by atoms with Crippen molar-refractivity contribution in [3.8, 4) is 11.5 Å². The lowest BCUT2D eigenvalue weighted by molar-refractivity contribution is 0.478. The summed E-state index contributed by atoms with van der Waals surface area (Å²) in [5, 5.41) is 0. The lowest BCUT2D eigenvalue weighted by atomic mass is 10.1. The zero-order chi connectivity index (χ0) is 12.3. The molecular formula is C15H16OS. The minimum absolute atomic E-state index is 0.881. The summed E-state index contributed by atoms with van der Waals surface area (Å²) in [5.41, 5.74) is 2.51.